The zero-order valence-electron chi connectivity index (χ0n) is 9.13. The summed E-state index contributed by atoms with van der Waals surface area (Å²) in [4.78, 5) is 2.76. The average molecular weight is 181 g/mol. The van der Waals surface area contributed by atoms with E-state index in [-0.39, 0.29) is 0 Å². The van der Waals surface area contributed by atoms with Crippen molar-refractivity contribution in [2.75, 3.05) is 13.1 Å². The van der Waals surface area contributed by atoms with Gasteiger partial charge in [-0.05, 0) is 50.6 Å². The molecule has 0 N–H and O–H groups in total. The molecule has 0 amide bonds. The van der Waals surface area contributed by atoms with Crippen molar-refractivity contribution in [3.8, 4) is 0 Å². The molecule has 0 bridgehead atoms. The summed E-state index contributed by atoms with van der Waals surface area (Å²) in [7, 11) is 0. The van der Waals surface area contributed by atoms with Gasteiger partial charge in [0.1, 0.15) is 0 Å². The van der Waals surface area contributed by atoms with E-state index in [0.717, 1.165) is 17.9 Å². The monoisotopic (exact) mass is 181 g/mol. The molecule has 1 saturated carbocycles. The summed E-state index contributed by atoms with van der Waals surface area (Å²) in [6.07, 6.45) is 7.32. The molecule has 1 aliphatic carbocycles. The van der Waals surface area contributed by atoms with Crippen LogP contribution >= 0.6 is 0 Å². The summed E-state index contributed by atoms with van der Waals surface area (Å²) in [5.41, 5.74) is 0. The van der Waals surface area contributed by atoms with Crippen LogP contribution in [0, 0.1) is 11.8 Å². The molecule has 1 saturated heterocycles. The Balaban J connectivity index is 1.85. The minimum absolute atomic E-state index is 0.903. The van der Waals surface area contributed by atoms with Crippen molar-refractivity contribution >= 4 is 0 Å². The molecule has 2 fully saturated rings. The number of hydrogen-bond acceptors (Lipinski definition) is 1. The Morgan fingerprint density at radius 3 is 2.15 bits per heavy atom. The third kappa shape index (κ3) is 1.90. The largest absolute Gasteiger partial charge is 0.300 e. The smallest absolute Gasteiger partial charge is 0.0126 e. The number of likely N-dealkylation sites (tertiary alicyclic amines) is 1. The molecule has 0 aromatic heterocycles. The normalized spacial score (nSPS) is 36.2. The Morgan fingerprint density at radius 2 is 1.69 bits per heavy atom. The van der Waals surface area contributed by atoms with Crippen molar-refractivity contribution in [3.63, 3.8) is 0 Å². The van der Waals surface area contributed by atoms with E-state index in [2.05, 4.69) is 18.7 Å². The molecular weight excluding hydrogens is 158 g/mol. The molecule has 2 atom stereocenters. The van der Waals surface area contributed by atoms with Crippen LogP contribution in [0.25, 0.3) is 0 Å². The van der Waals surface area contributed by atoms with Gasteiger partial charge in [-0.15, -0.1) is 0 Å². The Kier molecular flexibility index (Phi) is 2.92. The molecule has 13 heavy (non-hydrogen) atoms. The fourth-order valence-electron chi connectivity index (χ4n) is 2.99. The molecular formula is C12H23N. The summed E-state index contributed by atoms with van der Waals surface area (Å²) < 4.78 is 0. The van der Waals surface area contributed by atoms with Crippen molar-refractivity contribution in [2.45, 2.75) is 52.0 Å². The second-order valence-corrected chi connectivity index (χ2v) is 5.15. The first-order valence-electron chi connectivity index (χ1n) is 6.03. The van der Waals surface area contributed by atoms with Gasteiger partial charge >= 0.3 is 0 Å². The van der Waals surface area contributed by atoms with E-state index in [1.54, 1.807) is 0 Å². The van der Waals surface area contributed by atoms with Crippen molar-refractivity contribution in [3.05, 3.63) is 0 Å². The van der Waals surface area contributed by atoms with E-state index in [4.69, 9.17) is 0 Å². The van der Waals surface area contributed by atoms with Crippen LogP contribution in [0.15, 0.2) is 0 Å². The first kappa shape index (κ1) is 9.51. The van der Waals surface area contributed by atoms with Crippen molar-refractivity contribution in [1.29, 1.82) is 0 Å². The highest BCUT2D eigenvalue weighted by Crippen LogP contribution is 2.38. The van der Waals surface area contributed by atoms with E-state index in [9.17, 15) is 0 Å². The van der Waals surface area contributed by atoms with Gasteiger partial charge in [-0.25, -0.2) is 0 Å². The molecule has 0 aromatic carbocycles. The topological polar surface area (TPSA) is 3.24 Å². The second kappa shape index (κ2) is 4.00. The highest BCUT2D eigenvalue weighted by molar-refractivity contribution is 4.91. The van der Waals surface area contributed by atoms with Gasteiger partial charge in [0.2, 0.25) is 0 Å². The van der Waals surface area contributed by atoms with Crippen LogP contribution in [0.4, 0.5) is 0 Å². The van der Waals surface area contributed by atoms with Gasteiger partial charge in [0.25, 0.3) is 0 Å². The number of piperidine rings is 1. The average Bonchev–Trinajstić information content (AvgIpc) is 2.02. The SMILES string of the molecule is CC(C)C1CCC1N1CCCCC1. The summed E-state index contributed by atoms with van der Waals surface area (Å²) in [5.74, 6) is 1.92. The molecule has 0 radical (unpaired) electrons. The van der Waals surface area contributed by atoms with Crippen LogP contribution in [-0.2, 0) is 0 Å². The highest BCUT2D eigenvalue weighted by atomic mass is 15.2. The maximum atomic E-state index is 2.76. The minimum atomic E-state index is 0.903. The highest BCUT2D eigenvalue weighted by Gasteiger charge is 2.37. The molecule has 2 unspecified atom stereocenters. The quantitative estimate of drug-likeness (QED) is 0.633. The number of nitrogens with zero attached hydrogens (tertiary/aromatic N) is 1. The van der Waals surface area contributed by atoms with Gasteiger partial charge in [-0.2, -0.15) is 0 Å². The Bertz CT molecular complexity index is 159. The van der Waals surface area contributed by atoms with Gasteiger partial charge in [0, 0.05) is 6.04 Å². The standard InChI is InChI=1S/C12H23N/c1-10(2)11-6-7-12(11)13-8-4-3-5-9-13/h10-12H,3-9H2,1-2H3. The van der Waals surface area contributed by atoms with Crippen LogP contribution in [0.5, 0.6) is 0 Å². The number of hydrogen-bond donors (Lipinski definition) is 0. The lowest BCUT2D eigenvalue weighted by Gasteiger charge is -2.47. The molecule has 1 nitrogen and oxygen atoms in total. The lowest BCUT2D eigenvalue weighted by Crippen LogP contribution is -2.50. The molecule has 2 rings (SSSR count). The maximum absolute atomic E-state index is 2.76. The van der Waals surface area contributed by atoms with Crippen LogP contribution < -0.4 is 0 Å². The summed E-state index contributed by atoms with van der Waals surface area (Å²) >= 11 is 0. The predicted molar refractivity (Wildman–Crippen MR) is 56.8 cm³/mol. The van der Waals surface area contributed by atoms with E-state index >= 15 is 0 Å². The third-order valence-corrected chi connectivity index (χ3v) is 4.01. The summed E-state index contributed by atoms with van der Waals surface area (Å²) in [6, 6.07) is 0.959. The Hall–Kier alpha value is -0.0400. The first-order chi connectivity index (χ1) is 6.29. The van der Waals surface area contributed by atoms with E-state index in [0.29, 0.717) is 0 Å². The van der Waals surface area contributed by atoms with E-state index < -0.39 is 0 Å². The van der Waals surface area contributed by atoms with Crippen LogP contribution in [0.2, 0.25) is 0 Å². The third-order valence-electron chi connectivity index (χ3n) is 4.01. The first-order valence-corrected chi connectivity index (χ1v) is 6.03. The summed E-state index contributed by atoms with van der Waals surface area (Å²) in [6.45, 7) is 7.54. The molecule has 2 aliphatic rings. The van der Waals surface area contributed by atoms with Crippen LogP contribution in [0.1, 0.15) is 46.0 Å². The molecule has 0 aromatic rings. The van der Waals surface area contributed by atoms with Crippen molar-refractivity contribution in [1.82, 2.24) is 4.90 Å². The Labute approximate surface area is 82.5 Å². The van der Waals surface area contributed by atoms with Gasteiger partial charge < -0.3 is 4.90 Å². The second-order valence-electron chi connectivity index (χ2n) is 5.15. The fraction of sp³-hybridized carbons (Fsp3) is 1.00. The predicted octanol–water partition coefficient (Wildman–Crippen LogP) is 2.91. The molecule has 1 heteroatoms. The van der Waals surface area contributed by atoms with Gasteiger partial charge in [0.15, 0.2) is 0 Å². The van der Waals surface area contributed by atoms with Gasteiger partial charge in [-0.3, -0.25) is 0 Å². The molecule has 1 aliphatic heterocycles. The van der Waals surface area contributed by atoms with Crippen molar-refractivity contribution < 1.29 is 0 Å². The molecule has 0 spiro atoms. The maximum Gasteiger partial charge on any atom is 0.0126 e. The zero-order chi connectivity index (χ0) is 9.26. The zero-order valence-corrected chi connectivity index (χ0v) is 9.13. The van der Waals surface area contributed by atoms with Crippen LogP contribution in [0.3, 0.4) is 0 Å². The molecule has 1 heterocycles. The molecule has 76 valence electrons. The van der Waals surface area contributed by atoms with E-state index in [1.165, 1.54) is 45.2 Å². The number of rotatable bonds is 2. The summed E-state index contributed by atoms with van der Waals surface area (Å²) in [5, 5.41) is 0. The van der Waals surface area contributed by atoms with Crippen LogP contribution in [-0.4, -0.2) is 24.0 Å². The lowest BCUT2D eigenvalue weighted by molar-refractivity contribution is 0.0234. The minimum Gasteiger partial charge on any atom is -0.300 e. The van der Waals surface area contributed by atoms with Crippen molar-refractivity contribution in [2.24, 2.45) is 11.8 Å². The van der Waals surface area contributed by atoms with Gasteiger partial charge in [-0.1, -0.05) is 20.3 Å². The lowest BCUT2D eigenvalue weighted by atomic mass is 9.71. The fourth-order valence-corrected chi connectivity index (χ4v) is 2.99. The van der Waals surface area contributed by atoms with E-state index in [1.807, 2.05) is 0 Å². The Morgan fingerprint density at radius 1 is 1.00 bits per heavy atom. The van der Waals surface area contributed by atoms with Gasteiger partial charge in [0.05, 0.1) is 0 Å².